The van der Waals surface area contributed by atoms with Crippen molar-refractivity contribution in [3.8, 4) is 0 Å². The lowest BCUT2D eigenvalue weighted by atomic mass is 9.85. The molecule has 2 unspecified atom stereocenters. The maximum absolute atomic E-state index is 12.2. The largest absolute Gasteiger partial charge is 0.481 e. The number of aliphatic carboxylic acids is 1. The van der Waals surface area contributed by atoms with Gasteiger partial charge in [-0.2, -0.15) is 0 Å². The maximum atomic E-state index is 12.2. The van der Waals surface area contributed by atoms with Crippen molar-refractivity contribution in [2.45, 2.75) is 45.7 Å². The quantitative estimate of drug-likeness (QED) is 0.893. The smallest absolute Gasteiger partial charge is 0.317 e. The van der Waals surface area contributed by atoms with Crippen molar-refractivity contribution in [3.05, 3.63) is 23.7 Å². The van der Waals surface area contributed by atoms with Gasteiger partial charge in [-0.25, -0.2) is 4.79 Å². The summed E-state index contributed by atoms with van der Waals surface area (Å²) in [5, 5.41) is 12.2. The van der Waals surface area contributed by atoms with Crippen molar-refractivity contribution >= 4 is 12.0 Å². The fraction of sp³-hybridized carbons (Fsp3) is 0.600. The Morgan fingerprint density at radius 2 is 2.29 bits per heavy atom. The predicted molar refractivity (Wildman–Crippen MR) is 76.8 cm³/mol. The highest BCUT2D eigenvalue weighted by molar-refractivity contribution is 5.79. The zero-order valence-electron chi connectivity index (χ0n) is 12.7. The summed E-state index contributed by atoms with van der Waals surface area (Å²) in [4.78, 5) is 25.2. The molecule has 0 spiro atoms. The number of carboxylic acids is 1. The van der Waals surface area contributed by atoms with Gasteiger partial charge in [-0.1, -0.05) is 6.42 Å². The van der Waals surface area contributed by atoms with Crippen molar-refractivity contribution in [1.82, 2.24) is 10.2 Å². The van der Waals surface area contributed by atoms with Crippen LogP contribution in [-0.2, 0) is 11.3 Å². The first-order chi connectivity index (χ1) is 9.84. The molecule has 6 nitrogen and oxygen atoms in total. The van der Waals surface area contributed by atoms with E-state index < -0.39 is 11.4 Å². The van der Waals surface area contributed by atoms with E-state index in [0.717, 1.165) is 17.7 Å². The highest BCUT2D eigenvalue weighted by Crippen LogP contribution is 2.38. The molecule has 0 saturated heterocycles. The van der Waals surface area contributed by atoms with Crippen LogP contribution in [0.2, 0.25) is 0 Å². The second kappa shape index (κ2) is 5.79. The number of carboxylic acid groups (broad SMARTS) is 1. The average Bonchev–Trinajstić information content (AvgIpc) is 2.98. The average molecular weight is 294 g/mol. The van der Waals surface area contributed by atoms with Crippen LogP contribution >= 0.6 is 0 Å². The Morgan fingerprint density at radius 1 is 1.57 bits per heavy atom. The van der Waals surface area contributed by atoms with Crippen LogP contribution in [0.3, 0.4) is 0 Å². The molecule has 0 aromatic carbocycles. The van der Waals surface area contributed by atoms with Crippen LogP contribution in [0.25, 0.3) is 0 Å². The van der Waals surface area contributed by atoms with Gasteiger partial charge < -0.3 is 19.7 Å². The molecule has 0 aliphatic heterocycles. The lowest BCUT2D eigenvalue weighted by Crippen LogP contribution is -2.50. The second-order valence-electron chi connectivity index (χ2n) is 5.98. The summed E-state index contributed by atoms with van der Waals surface area (Å²) in [6.45, 7) is 3.98. The molecule has 0 bridgehead atoms. The first kappa shape index (κ1) is 15.4. The van der Waals surface area contributed by atoms with E-state index in [1.807, 2.05) is 13.0 Å². The van der Waals surface area contributed by atoms with E-state index in [2.05, 4.69) is 5.32 Å². The minimum atomic E-state index is -0.873. The van der Waals surface area contributed by atoms with Gasteiger partial charge in [0.2, 0.25) is 0 Å². The maximum Gasteiger partial charge on any atom is 0.317 e. The van der Waals surface area contributed by atoms with Gasteiger partial charge in [0.05, 0.1) is 18.2 Å². The van der Waals surface area contributed by atoms with Crippen molar-refractivity contribution < 1.29 is 19.1 Å². The third kappa shape index (κ3) is 3.04. The van der Waals surface area contributed by atoms with Gasteiger partial charge in [-0.05, 0) is 32.8 Å². The monoisotopic (exact) mass is 294 g/mol. The Balaban J connectivity index is 1.98. The molecule has 2 N–H and O–H groups in total. The molecule has 1 heterocycles. The predicted octanol–water partition coefficient (Wildman–Crippen LogP) is 2.37. The molecule has 116 valence electrons. The standard InChI is InChI=1S/C15H22N2O4/c1-10-11(6-8-21-10)9-17(3)14(20)16-12-5-4-7-15(12,2)13(18)19/h6,8,12H,4-5,7,9H2,1-3H3,(H,16,20)(H,18,19). The van der Waals surface area contributed by atoms with E-state index in [-0.39, 0.29) is 12.1 Å². The van der Waals surface area contributed by atoms with E-state index in [9.17, 15) is 14.7 Å². The SMILES string of the molecule is Cc1occc1CN(C)C(=O)NC1CCCC1(C)C(=O)O. The zero-order chi connectivity index (χ0) is 15.6. The minimum absolute atomic E-state index is 0.255. The Morgan fingerprint density at radius 3 is 2.86 bits per heavy atom. The Kier molecular flexibility index (Phi) is 4.25. The number of hydrogen-bond donors (Lipinski definition) is 2. The highest BCUT2D eigenvalue weighted by Gasteiger charge is 2.46. The molecule has 1 aromatic rings. The molecule has 2 atom stereocenters. The zero-order valence-corrected chi connectivity index (χ0v) is 12.7. The van der Waals surface area contributed by atoms with E-state index in [0.29, 0.717) is 19.4 Å². The van der Waals surface area contributed by atoms with Crippen LogP contribution < -0.4 is 5.32 Å². The lowest BCUT2D eigenvalue weighted by molar-refractivity contribution is -0.148. The molecule has 0 radical (unpaired) electrons. The summed E-state index contributed by atoms with van der Waals surface area (Å²) in [6, 6.07) is 1.25. The molecule has 2 rings (SSSR count). The molecule has 6 heteroatoms. The highest BCUT2D eigenvalue weighted by atomic mass is 16.4. The van der Waals surface area contributed by atoms with E-state index in [1.165, 1.54) is 0 Å². The molecular formula is C15H22N2O4. The normalized spacial score (nSPS) is 24.8. The summed E-state index contributed by atoms with van der Waals surface area (Å²) in [5.74, 6) is -0.0653. The molecule has 1 fully saturated rings. The van der Waals surface area contributed by atoms with Crippen LogP contribution in [0.4, 0.5) is 4.79 Å². The number of nitrogens with zero attached hydrogens (tertiary/aromatic N) is 1. The van der Waals surface area contributed by atoms with Gasteiger partial charge in [0, 0.05) is 18.7 Å². The molecular weight excluding hydrogens is 272 g/mol. The van der Waals surface area contributed by atoms with Gasteiger partial charge in [0.15, 0.2) is 0 Å². The molecule has 2 amide bonds. The van der Waals surface area contributed by atoms with Crippen molar-refractivity contribution in [2.24, 2.45) is 5.41 Å². The van der Waals surface area contributed by atoms with Crippen LogP contribution in [-0.4, -0.2) is 35.1 Å². The van der Waals surface area contributed by atoms with Crippen LogP contribution in [0.1, 0.15) is 37.5 Å². The summed E-state index contributed by atoms with van der Waals surface area (Å²) >= 11 is 0. The van der Waals surface area contributed by atoms with E-state index >= 15 is 0 Å². The Hall–Kier alpha value is -1.98. The molecule has 1 aliphatic rings. The third-order valence-electron chi connectivity index (χ3n) is 4.46. The first-order valence-electron chi connectivity index (χ1n) is 7.12. The fourth-order valence-corrected chi connectivity index (χ4v) is 2.82. The van der Waals surface area contributed by atoms with E-state index in [4.69, 9.17) is 4.42 Å². The summed E-state index contributed by atoms with van der Waals surface area (Å²) in [7, 11) is 1.69. The number of carbonyl (C=O) groups excluding carboxylic acids is 1. The molecule has 21 heavy (non-hydrogen) atoms. The summed E-state index contributed by atoms with van der Waals surface area (Å²) in [5.41, 5.74) is 0.0715. The second-order valence-corrected chi connectivity index (χ2v) is 5.98. The number of urea groups is 1. The van der Waals surface area contributed by atoms with Crippen molar-refractivity contribution in [1.29, 1.82) is 0 Å². The number of nitrogens with one attached hydrogen (secondary N) is 1. The molecule has 1 aliphatic carbocycles. The number of carbonyl (C=O) groups is 2. The number of furan rings is 1. The Labute approximate surface area is 124 Å². The minimum Gasteiger partial charge on any atom is -0.481 e. The van der Waals surface area contributed by atoms with Crippen molar-refractivity contribution in [2.75, 3.05) is 7.05 Å². The summed E-state index contributed by atoms with van der Waals surface area (Å²) < 4.78 is 5.21. The van der Waals surface area contributed by atoms with Crippen molar-refractivity contribution in [3.63, 3.8) is 0 Å². The molecule has 1 aromatic heterocycles. The van der Waals surface area contributed by atoms with Gasteiger partial charge in [0.1, 0.15) is 5.76 Å². The topological polar surface area (TPSA) is 82.8 Å². The van der Waals surface area contributed by atoms with Crippen LogP contribution in [0.5, 0.6) is 0 Å². The van der Waals surface area contributed by atoms with Gasteiger partial charge >= 0.3 is 12.0 Å². The molecule has 1 saturated carbocycles. The van der Waals surface area contributed by atoms with Crippen LogP contribution in [0.15, 0.2) is 16.7 Å². The van der Waals surface area contributed by atoms with Gasteiger partial charge in [-0.15, -0.1) is 0 Å². The van der Waals surface area contributed by atoms with Crippen LogP contribution in [0, 0.1) is 12.3 Å². The number of amides is 2. The number of rotatable bonds is 4. The van der Waals surface area contributed by atoms with E-state index in [1.54, 1.807) is 25.1 Å². The number of hydrogen-bond acceptors (Lipinski definition) is 3. The van der Waals surface area contributed by atoms with Gasteiger partial charge in [0.25, 0.3) is 0 Å². The number of aryl methyl sites for hydroxylation is 1. The Bertz CT molecular complexity index is 540. The van der Waals surface area contributed by atoms with Gasteiger partial charge in [-0.3, -0.25) is 4.79 Å². The summed E-state index contributed by atoms with van der Waals surface area (Å²) in [6.07, 6.45) is 3.71. The lowest BCUT2D eigenvalue weighted by Gasteiger charge is -2.29. The third-order valence-corrected chi connectivity index (χ3v) is 4.46. The fourth-order valence-electron chi connectivity index (χ4n) is 2.82. The first-order valence-corrected chi connectivity index (χ1v) is 7.12.